The van der Waals surface area contributed by atoms with Crippen molar-refractivity contribution in [3.05, 3.63) is 42.4 Å². The Morgan fingerprint density at radius 1 is 0.935 bits per heavy atom. The number of aromatic nitrogens is 4. The van der Waals surface area contributed by atoms with Crippen LogP contribution in [-0.4, -0.2) is 69.6 Å². The van der Waals surface area contributed by atoms with Gasteiger partial charge in [0.25, 0.3) is 0 Å². The highest BCUT2D eigenvalue weighted by Crippen LogP contribution is 2.22. The largest absolute Gasteiger partial charge is 0.353 e. The van der Waals surface area contributed by atoms with E-state index in [-0.39, 0.29) is 5.91 Å². The van der Waals surface area contributed by atoms with Crippen LogP contribution in [0.1, 0.15) is 25.0 Å². The quantitative estimate of drug-likeness (QED) is 0.647. The third kappa shape index (κ3) is 4.19. The zero-order valence-electron chi connectivity index (χ0n) is 18.1. The molecule has 0 bridgehead atoms. The topological polar surface area (TPSA) is 70.4 Å². The van der Waals surface area contributed by atoms with Gasteiger partial charge in [0.1, 0.15) is 12.4 Å². The first-order chi connectivity index (χ1) is 15.2. The van der Waals surface area contributed by atoms with Crippen LogP contribution in [0.2, 0.25) is 0 Å². The predicted molar refractivity (Wildman–Crippen MR) is 121 cm³/mol. The predicted octanol–water partition coefficient (Wildman–Crippen LogP) is 2.47. The molecule has 0 radical (unpaired) electrons. The highest BCUT2D eigenvalue weighted by molar-refractivity contribution is 5.80. The van der Waals surface area contributed by atoms with Crippen molar-refractivity contribution in [1.29, 1.82) is 0 Å². The monoisotopic (exact) mass is 419 g/mol. The van der Waals surface area contributed by atoms with Gasteiger partial charge in [-0.25, -0.2) is 9.97 Å². The molecular formula is C23H29N7O. The Bertz CT molecular complexity index is 1060. The molecule has 1 aromatic carbocycles. The fourth-order valence-electron chi connectivity index (χ4n) is 4.50. The summed E-state index contributed by atoms with van der Waals surface area (Å²) in [5, 5.41) is 0. The second-order valence-electron chi connectivity index (χ2n) is 8.44. The second-order valence-corrected chi connectivity index (χ2v) is 8.44. The zero-order valence-corrected chi connectivity index (χ0v) is 18.1. The van der Waals surface area contributed by atoms with Gasteiger partial charge in [-0.15, -0.1) is 0 Å². The summed E-state index contributed by atoms with van der Waals surface area (Å²) in [5.74, 6) is 1.96. The van der Waals surface area contributed by atoms with Gasteiger partial charge in [0, 0.05) is 51.0 Å². The number of piperazine rings is 1. The van der Waals surface area contributed by atoms with E-state index in [1.807, 2.05) is 40.7 Å². The Hall–Kier alpha value is -3.16. The number of fused-ring (bicyclic) bond motifs is 1. The zero-order chi connectivity index (χ0) is 21.2. The van der Waals surface area contributed by atoms with Gasteiger partial charge in [0.2, 0.25) is 11.9 Å². The van der Waals surface area contributed by atoms with Gasteiger partial charge in [0.05, 0.1) is 17.4 Å². The van der Waals surface area contributed by atoms with E-state index in [0.29, 0.717) is 19.6 Å². The lowest BCUT2D eigenvalue weighted by Crippen LogP contribution is -2.50. The molecular weight excluding hydrogens is 390 g/mol. The lowest BCUT2D eigenvalue weighted by molar-refractivity contribution is -0.132. The van der Waals surface area contributed by atoms with E-state index in [9.17, 15) is 4.79 Å². The van der Waals surface area contributed by atoms with Crippen LogP contribution < -0.4 is 9.80 Å². The molecule has 0 aliphatic carbocycles. The first kappa shape index (κ1) is 19.8. The van der Waals surface area contributed by atoms with Gasteiger partial charge in [-0.1, -0.05) is 12.1 Å². The minimum Gasteiger partial charge on any atom is -0.353 e. The van der Waals surface area contributed by atoms with Gasteiger partial charge < -0.3 is 19.3 Å². The van der Waals surface area contributed by atoms with Crippen molar-refractivity contribution < 1.29 is 4.79 Å². The Kier molecular flexibility index (Phi) is 5.44. The number of rotatable bonds is 4. The number of amides is 1. The molecule has 4 heterocycles. The molecule has 2 aliphatic rings. The van der Waals surface area contributed by atoms with Gasteiger partial charge in [-0.2, -0.15) is 4.98 Å². The molecule has 0 spiro atoms. The molecule has 0 unspecified atom stereocenters. The van der Waals surface area contributed by atoms with E-state index in [4.69, 9.17) is 4.98 Å². The molecule has 0 saturated carbocycles. The van der Waals surface area contributed by atoms with Crippen molar-refractivity contribution in [3.63, 3.8) is 0 Å². The molecule has 2 saturated heterocycles. The SMILES string of the molecule is Cc1cc(N2CCN(C(=O)Cn3cnc4ccccc43)CC2)nc(N2CCCCC2)n1. The summed E-state index contributed by atoms with van der Waals surface area (Å²) >= 11 is 0. The van der Waals surface area contributed by atoms with Gasteiger partial charge in [0.15, 0.2) is 0 Å². The van der Waals surface area contributed by atoms with Crippen molar-refractivity contribution >= 4 is 28.7 Å². The van der Waals surface area contributed by atoms with E-state index < -0.39 is 0 Å². The van der Waals surface area contributed by atoms with Crippen molar-refractivity contribution in [2.75, 3.05) is 49.1 Å². The average molecular weight is 420 g/mol. The van der Waals surface area contributed by atoms with Crippen LogP contribution in [0, 0.1) is 6.92 Å². The van der Waals surface area contributed by atoms with Gasteiger partial charge >= 0.3 is 0 Å². The number of imidazole rings is 1. The lowest BCUT2D eigenvalue weighted by Gasteiger charge is -2.36. The number of hydrogen-bond acceptors (Lipinski definition) is 6. The third-order valence-electron chi connectivity index (χ3n) is 6.26. The van der Waals surface area contributed by atoms with Crippen LogP contribution in [0.25, 0.3) is 11.0 Å². The summed E-state index contributed by atoms with van der Waals surface area (Å²) < 4.78 is 1.93. The van der Waals surface area contributed by atoms with Crippen LogP contribution in [0.4, 0.5) is 11.8 Å². The number of carbonyl (C=O) groups excluding carboxylic acids is 1. The van der Waals surface area contributed by atoms with Gasteiger partial charge in [-0.3, -0.25) is 4.79 Å². The molecule has 1 amide bonds. The molecule has 8 heteroatoms. The van der Waals surface area contributed by atoms with Crippen LogP contribution >= 0.6 is 0 Å². The standard InChI is InChI=1S/C23H29N7O/c1-18-15-21(26-23(25-18)29-9-5-2-6-10-29)27-11-13-28(14-12-27)22(31)16-30-17-24-19-7-3-4-8-20(19)30/h3-4,7-8,15,17H,2,5-6,9-14,16H2,1H3. The normalized spacial score (nSPS) is 17.4. The highest BCUT2D eigenvalue weighted by atomic mass is 16.2. The van der Waals surface area contributed by atoms with Crippen LogP contribution in [0.15, 0.2) is 36.7 Å². The van der Waals surface area contributed by atoms with E-state index in [1.54, 1.807) is 6.33 Å². The summed E-state index contributed by atoms with van der Waals surface area (Å²) in [6.45, 7) is 7.40. The number of carbonyl (C=O) groups is 1. The maximum Gasteiger partial charge on any atom is 0.242 e. The van der Waals surface area contributed by atoms with Crippen molar-refractivity contribution in [2.24, 2.45) is 0 Å². The van der Waals surface area contributed by atoms with Crippen molar-refractivity contribution in [3.8, 4) is 0 Å². The summed E-state index contributed by atoms with van der Waals surface area (Å²) in [5.41, 5.74) is 2.91. The van der Waals surface area contributed by atoms with E-state index in [2.05, 4.69) is 25.8 Å². The Morgan fingerprint density at radius 2 is 1.71 bits per heavy atom. The maximum atomic E-state index is 12.9. The lowest BCUT2D eigenvalue weighted by atomic mass is 10.1. The summed E-state index contributed by atoms with van der Waals surface area (Å²) in [6.07, 6.45) is 5.46. The number of hydrogen-bond donors (Lipinski definition) is 0. The summed E-state index contributed by atoms with van der Waals surface area (Å²) in [4.78, 5) is 33.4. The van der Waals surface area contributed by atoms with Crippen LogP contribution in [0.3, 0.4) is 0 Å². The number of benzene rings is 1. The number of piperidine rings is 1. The van der Waals surface area contributed by atoms with Crippen LogP contribution in [-0.2, 0) is 11.3 Å². The number of para-hydroxylation sites is 2. The fraction of sp³-hybridized carbons (Fsp3) is 0.478. The third-order valence-corrected chi connectivity index (χ3v) is 6.26. The first-order valence-electron chi connectivity index (χ1n) is 11.2. The molecule has 0 atom stereocenters. The molecule has 2 fully saturated rings. The molecule has 2 aromatic heterocycles. The number of anilines is 2. The molecule has 8 nitrogen and oxygen atoms in total. The van der Waals surface area contributed by atoms with E-state index in [0.717, 1.165) is 54.7 Å². The number of nitrogens with zero attached hydrogens (tertiary/aromatic N) is 7. The minimum atomic E-state index is 0.135. The molecule has 162 valence electrons. The molecule has 3 aromatic rings. The first-order valence-corrected chi connectivity index (χ1v) is 11.2. The Morgan fingerprint density at radius 3 is 2.52 bits per heavy atom. The van der Waals surface area contributed by atoms with Crippen LogP contribution in [0.5, 0.6) is 0 Å². The number of aryl methyl sites for hydroxylation is 1. The van der Waals surface area contributed by atoms with Crippen molar-refractivity contribution in [2.45, 2.75) is 32.7 Å². The second kappa shape index (κ2) is 8.53. The van der Waals surface area contributed by atoms with Gasteiger partial charge in [-0.05, 0) is 38.3 Å². The molecule has 5 rings (SSSR count). The Balaban J connectivity index is 1.23. The fourth-order valence-corrected chi connectivity index (χ4v) is 4.50. The molecule has 31 heavy (non-hydrogen) atoms. The molecule has 0 N–H and O–H groups in total. The minimum absolute atomic E-state index is 0.135. The van der Waals surface area contributed by atoms with E-state index in [1.165, 1.54) is 19.3 Å². The smallest absolute Gasteiger partial charge is 0.242 e. The summed E-state index contributed by atoms with van der Waals surface area (Å²) in [6, 6.07) is 9.97. The Labute approximate surface area is 182 Å². The highest BCUT2D eigenvalue weighted by Gasteiger charge is 2.24. The maximum absolute atomic E-state index is 12.9. The van der Waals surface area contributed by atoms with E-state index >= 15 is 0 Å². The average Bonchev–Trinajstić information content (AvgIpc) is 3.22. The van der Waals surface area contributed by atoms with Crippen molar-refractivity contribution in [1.82, 2.24) is 24.4 Å². The summed E-state index contributed by atoms with van der Waals surface area (Å²) in [7, 11) is 0. The molecule has 2 aliphatic heterocycles.